The van der Waals surface area contributed by atoms with E-state index in [1.807, 2.05) is 6.20 Å². The third-order valence-corrected chi connectivity index (χ3v) is 3.53. The van der Waals surface area contributed by atoms with Crippen molar-refractivity contribution in [1.82, 2.24) is 20.0 Å². The Morgan fingerprint density at radius 1 is 1.31 bits per heavy atom. The Balaban J connectivity index is 1.61. The molecule has 1 aromatic heterocycles. The fraction of sp³-hybridized carbons (Fsp3) is 0.750. The van der Waals surface area contributed by atoms with Crippen LogP contribution in [0, 0.1) is 5.92 Å². The fourth-order valence-corrected chi connectivity index (χ4v) is 2.30. The maximum Gasteiger partial charge on any atom is 0.0524 e. The van der Waals surface area contributed by atoms with Crippen molar-refractivity contribution in [3.63, 3.8) is 0 Å². The molecule has 2 heterocycles. The minimum absolute atomic E-state index is 0.904. The first-order valence-electron chi connectivity index (χ1n) is 6.35. The summed E-state index contributed by atoms with van der Waals surface area (Å²) in [5.41, 5.74) is 1.38. The maximum atomic E-state index is 4.44. The van der Waals surface area contributed by atoms with E-state index in [2.05, 4.69) is 26.1 Å². The SMILES string of the molecule is c1cc(CN2CCNCC2)n(CC2CC2)n1. The van der Waals surface area contributed by atoms with Gasteiger partial charge in [0.05, 0.1) is 5.69 Å². The lowest BCUT2D eigenvalue weighted by Crippen LogP contribution is -2.43. The molecule has 0 amide bonds. The Kier molecular flexibility index (Phi) is 2.93. The molecule has 3 rings (SSSR count). The molecule has 2 aliphatic rings. The molecule has 4 nitrogen and oxygen atoms in total. The highest BCUT2D eigenvalue weighted by molar-refractivity contribution is 5.01. The van der Waals surface area contributed by atoms with Crippen molar-refractivity contribution in [1.29, 1.82) is 0 Å². The second-order valence-corrected chi connectivity index (χ2v) is 4.97. The van der Waals surface area contributed by atoms with Crippen molar-refractivity contribution in [3.8, 4) is 0 Å². The monoisotopic (exact) mass is 220 g/mol. The van der Waals surface area contributed by atoms with Crippen molar-refractivity contribution < 1.29 is 0 Å². The third kappa shape index (κ3) is 2.44. The van der Waals surface area contributed by atoms with Gasteiger partial charge in [0.2, 0.25) is 0 Å². The van der Waals surface area contributed by atoms with Gasteiger partial charge in [-0.15, -0.1) is 0 Å². The Morgan fingerprint density at radius 3 is 2.88 bits per heavy atom. The summed E-state index contributed by atoms with van der Waals surface area (Å²) in [4.78, 5) is 2.51. The van der Waals surface area contributed by atoms with Crippen LogP contribution >= 0.6 is 0 Å². The minimum Gasteiger partial charge on any atom is -0.314 e. The quantitative estimate of drug-likeness (QED) is 0.811. The van der Waals surface area contributed by atoms with Crippen LogP contribution in [0.3, 0.4) is 0 Å². The van der Waals surface area contributed by atoms with E-state index in [1.54, 1.807) is 0 Å². The van der Waals surface area contributed by atoms with Crippen LogP contribution in [0.5, 0.6) is 0 Å². The Labute approximate surface area is 96.6 Å². The smallest absolute Gasteiger partial charge is 0.0524 e. The lowest BCUT2D eigenvalue weighted by molar-refractivity contribution is 0.226. The molecule has 0 unspecified atom stereocenters. The molecule has 0 aromatic carbocycles. The summed E-state index contributed by atoms with van der Waals surface area (Å²) in [7, 11) is 0. The Morgan fingerprint density at radius 2 is 2.12 bits per heavy atom. The average molecular weight is 220 g/mol. The normalized spacial score (nSPS) is 22.5. The zero-order valence-electron chi connectivity index (χ0n) is 9.73. The van der Waals surface area contributed by atoms with Crippen LogP contribution in [0.15, 0.2) is 12.3 Å². The molecule has 1 saturated heterocycles. The molecule has 1 saturated carbocycles. The van der Waals surface area contributed by atoms with Gasteiger partial charge < -0.3 is 5.32 Å². The van der Waals surface area contributed by atoms with E-state index in [-0.39, 0.29) is 0 Å². The van der Waals surface area contributed by atoms with E-state index in [0.29, 0.717) is 0 Å². The van der Waals surface area contributed by atoms with Crippen LogP contribution in [0.1, 0.15) is 18.5 Å². The topological polar surface area (TPSA) is 33.1 Å². The first-order valence-corrected chi connectivity index (χ1v) is 6.35. The second-order valence-electron chi connectivity index (χ2n) is 4.97. The molecule has 16 heavy (non-hydrogen) atoms. The van der Waals surface area contributed by atoms with E-state index in [4.69, 9.17) is 0 Å². The molecule has 1 N–H and O–H groups in total. The summed E-state index contributed by atoms with van der Waals surface area (Å²) < 4.78 is 2.21. The van der Waals surface area contributed by atoms with Gasteiger partial charge in [-0.3, -0.25) is 9.58 Å². The van der Waals surface area contributed by atoms with Gasteiger partial charge >= 0.3 is 0 Å². The van der Waals surface area contributed by atoms with Crippen molar-refractivity contribution >= 4 is 0 Å². The van der Waals surface area contributed by atoms with Gasteiger partial charge in [-0.05, 0) is 24.8 Å². The molecule has 2 fully saturated rings. The van der Waals surface area contributed by atoms with Gasteiger partial charge in [-0.25, -0.2) is 0 Å². The van der Waals surface area contributed by atoms with Gasteiger partial charge in [-0.2, -0.15) is 5.10 Å². The lowest BCUT2D eigenvalue weighted by Gasteiger charge is -2.27. The molecule has 0 bridgehead atoms. The maximum absolute atomic E-state index is 4.44. The minimum atomic E-state index is 0.904. The predicted molar refractivity (Wildman–Crippen MR) is 63.1 cm³/mol. The van der Waals surface area contributed by atoms with Gasteiger partial charge in [0.1, 0.15) is 0 Å². The van der Waals surface area contributed by atoms with Crippen LogP contribution in [-0.4, -0.2) is 40.9 Å². The second kappa shape index (κ2) is 4.55. The van der Waals surface area contributed by atoms with E-state index in [9.17, 15) is 0 Å². The van der Waals surface area contributed by atoms with Crippen LogP contribution in [0.2, 0.25) is 0 Å². The molecule has 1 aliphatic carbocycles. The van der Waals surface area contributed by atoms with E-state index in [0.717, 1.165) is 45.2 Å². The van der Waals surface area contributed by atoms with Crippen LogP contribution in [-0.2, 0) is 13.1 Å². The fourth-order valence-electron chi connectivity index (χ4n) is 2.30. The molecule has 0 radical (unpaired) electrons. The number of nitrogens with zero attached hydrogens (tertiary/aromatic N) is 3. The summed E-state index contributed by atoms with van der Waals surface area (Å²) in [6.07, 6.45) is 4.74. The number of hydrogen-bond donors (Lipinski definition) is 1. The molecule has 0 spiro atoms. The van der Waals surface area contributed by atoms with Gasteiger partial charge in [-0.1, -0.05) is 0 Å². The predicted octanol–water partition coefficient (Wildman–Crippen LogP) is 0.698. The number of aromatic nitrogens is 2. The first kappa shape index (κ1) is 10.3. The molecule has 1 aromatic rings. The van der Waals surface area contributed by atoms with Crippen molar-refractivity contribution in [3.05, 3.63) is 18.0 Å². The first-order chi connectivity index (χ1) is 7.92. The standard InChI is InChI=1S/C12H20N4/c1-2-11(1)9-16-12(3-4-14-16)10-15-7-5-13-6-8-15/h3-4,11,13H,1-2,5-10H2. The number of hydrogen-bond acceptors (Lipinski definition) is 3. The molecular formula is C12H20N4. The Hall–Kier alpha value is -0.870. The molecular weight excluding hydrogens is 200 g/mol. The van der Waals surface area contributed by atoms with Crippen LogP contribution in [0.4, 0.5) is 0 Å². The van der Waals surface area contributed by atoms with E-state index in [1.165, 1.54) is 18.5 Å². The molecule has 0 atom stereocenters. The van der Waals surface area contributed by atoms with Crippen molar-refractivity contribution in [2.24, 2.45) is 5.92 Å². The van der Waals surface area contributed by atoms with Gasteiger partial charge in [0, 0.05) is 45.5 Å². The number of piperazine rings is 1. The summed E-state index contributed by atoms with van der Waals surface area (Å²) in [6, 6.07) is 2.17. The highest BCUT2D eigenvalue weighted by Crippen LogP contribution is 2.30. The summed E-state index contributed by atoms with van der Waals surface area (Å²) in [5, 5.41) is 7.82. The zero-order valence-corrected chi connectivity index (χ0v) is 9.73. The van der Waals surface area contributed by atoms with Crippen molar-refractivity contribution in [2.75, 3.05) is 26.2 Å². The largest absolute Gasteiger partial charge is 0.314 e. The highest BCUT2D eigenvalue weighted by atomic mass is 15.3. The lowest BCUT2D eigenvalue weighted by atomic mass is 10.3. The van der Waals surface area contributed by atoms with Crippen LogP contribution < -0.4 is 5.32 Å². The average Bonchev–Trinajstić information content (AvgIpc) is 3.02. The molecule has 1 aliphatic heterocycles. The van der Waals surface area contributed by atoms with E-state index >= 15 is 0 Å². The summed E-state index contributed by atoms with van der Waals surface area (Å²) in [6.45, 7) is 6.76. The number of nitrogens with one attached hydrogen (secondary N) is 1. The van der Waals surface area contributed by atoms with E-state index < -0.39 is 0 Å². The van der Waals surface area contributed by atoms with Gasteiger partial charge in [0.15, 0.2) is 0 Å². The van der Waals surface area contributed by atoms with Crippen molar-refractivity contribution in [2.45, 2.75) is 25.9 Å². The van der Waals surface area contributed by atoms with Gasteiger partial charge in [0.25, 0.3) is 0 Å². The molecule has 88 valence electrons. The van der Waals surface area contributed by atoms with Crippen LogP contribution in [0.25, 0.3) is 0 Å². The molecule has 4 heteroatoms. The summed E-state index contributed by atoms with van der Waals surface area (Å²) >= 11 is 0. The Bertz CT molecular complexity index is 337. The highest BCUT2D eigenvalue weighted by Gasteiger charge is 2.23. The third-order valence-electron chi connectivity index (χ3n) is 3.53. The zero-order chi connectivity index (χ0) is 10.8. The number of rotatable bonds is 4. The summed E-state index contributed by atoms with van der Waals surface area (Å²) in [5.74, 6) is 0.904.